The molecule has 1 fully saturated rings. The molecule has 1 saturated carbocycles. The van der Waals surface area contributed by atoms with Crippen LogP contribution in [0.3, 0.4) is 0 Å². The Bertz CT molecular complexity index is 314. The molecule has 0 aromatic rings. The quantitative estimate of drug-likeness (QED) is 0.773. The summed E-state index contributed by atoms with van der Waals surface area (Å²) >= 11 is 0. The Morgan fingerprint density at radius 2 is 1.82 bits per heavy atom. The maximum absolute atomic E-state index is 12.3. The minimum atomic E-state index is -3.00. The van der Waals surface area contributed by atoms with Gasteiger partial charge in [-0.05, 0) is 31.1 Å². The molecular weight excluding hydrogens is 234 g/mol. The molecule has 0 bridgehead atoms. The maximum Gasteiger partial charge on any atom is 0.154 e. The molecule has 0 aliphatic heterocycles. The van der Waals surface area contributed by atoms with Gasteiger partial charge in [-0.25, -0.2) is 8.42 Å². The minimum Gasteiger partial charge on any atom is -0.327 e. The largest absolute Gasteiger partial charge is 0.327 e. The molecule has 2 N–H and O–H groups in total. The highest BCUT2D eigenvalue weighted by Crippen LogP contribution is 2.32. The van der Waals surface area contributed by atoms with Crippen molar-refractivity contribution in [3.63, 3.8) is 0 Å². The SMILES string of the molecule is CCCCCS(=O)(=O)C1C(C)CC(C)CC1N. The van der Waals surface area contributed by atoms with Crippen molar-refractivity contribution in [3.05, 3.63) is 0 Å². The molecule has 1 aliphatic carbocycles. The van der Waals surface area contributed by atoms with Gasteiger partial charge in [0.05, 0.1) is 11.0 Å². The molecule has 4 atom stereocenters. The van der Waals surface area contributed by atoms with Crippen LogP contribution < -0.4 is 5.73 Å². The lowest BCUT2D eigenvalue weighted by molar-refractivity contribution is 0.271. The van der Waals surface area contributed by atoms with Crippen LogP contribution in [0.15, 0.2) is 0 Å². The summed E-state index contributed by atoms with van der Waals surface area (Å²) < 4.78 is 24.6. The average Bonchev–Trinajstić information content (AvgIpc) is 2.15. The second-order valence-corrected chi connectivity index (χ2v) is 8.03. The summed E-state index contributed by atoms with van der Waals surface area (Å²) in [5, 5.41) is -0.310. The van der Waals surface area contributed by atoms with E-state index in [4.69, 9.17) is 5.73 Å². The highest BCUT2D eigenvalue weighted by Gasteiger charge is 2.39. The van der Waals surface area contributed by atoms with E-state index in [1.807, 2.05) is 6.92 Å². The van der Waals surface area contributed by atoms with Crippen molar-refractivity contribution in [1.29, 1.82) is 0 Å². The van der Waals surface area contributed by atoms with E-state index in [9.17, 15) is 8.42 Å². The minimum absolute atomic E-state index is 0.166. The zero-order valence-corrected chi connectivity index (χ0v) is 12.2. The predicted octanol–water partition coefficient (Wildman–Crippen LogP) is 2.35. The van der Waals surface area contributed by atoms with Crippen LogP contribution in [0.5, 0.6) is 0 Å². The van der Waals surface area contributed by atoms with Crippen molar-refractivity contribution in [2.75, 3.05) is 5.75 Å². The first-order valence-electron chi connectivity index (χ1n) is 6.85. The van der Waals surface area contributed by atoms with Gasteiger partial charge < -0.3 is 5.73 Å². The fourth-order valence-electron chi connectivity index (χ4n) is 3.20. The standard InChI is InChI=1S/C13H27NO2S/c1-4-5-6-7-17(15,16)13-11(3)8-10(2)9-12(13)14/h10-13H,4-9,14H2,1-3H3. The summed E-state index contributed by atoms with van der Waals surface area (Å²) in [6.07, 6.45) is 4.67. The summed E-state index contributed by atoms with van der Waals surface area (Å²) in [5.74, 6) is 1.08. The molecule has 3 nitrogen and oxygen atoms in total. The number of sulfone groups is 1. The first-order chi connectivity index (χ1) is 7.88. The van der Waals surface area contributed by atoms with Gasteiger partial charge in [0, 0.05) is 6.04 Å². The van der Waals surface area contributed by atoms with E-state index in [0.717, 1.165) is 32.1 Å². The van der Waals surface area contributed by atoms with E-state index in [-0.39, 0.29) is 17.2 Å². The van der Waals surface area contributed by atoms with Gasteiger partial charge in [0.2, 0.25) is 0 Å². The Morgan fingerprint density at radius 3 is 2.35 bits per heavy atom. The summed E-state index contributed by atoms with van der Waals surface area (Å²) in [5.41, 5.74) is 6.07. The summed E-state index contributed by atoms with van der Waals surface area (Å²) in [6, 6.07) is -0.166. The highest BCUT2D eigenvalue weighted by molar-refractivity contribution is 7.92. The molecule has 0 radical (unpaired) electrons. The molecule has 1 rings (SSSR count). The Balaban J connectivity index is 2.69. The zero-order valence-electron chi connectivity index (χ0n) is 11.4. The summed E-state index contributed by atoms with van der Waals surface area (Å²) in [4.78, 5) is 0. The summed E-state index contributed by atoms with van der Waals surface area (Å²) in [6.45, 7) is 6.29. The Morgan fingerprint density at radius 1 is 1.18 bits per heavy atom. The molecule has 4 heteroatoms. The third-order valence-corrected chi connectivity index (χ3v) is 6.38. The van der Waals surface area contributed by atoms with Gasteiger partial charge in [-0.1, -0.05) is 33.6 Å². The zero-order chi connectivity index (χ0) is 13.1. The van der Waals surface area contributed by atoms with Crippen LogP contribution in [0.2, 0.25) is 0 Å². The van der Waals surface area contributed by atoms with Crippen LogP contribution in [0.25, 0.3) is 0 Å². The average molecular weight is 261 g/mol. The summed E-state index contributed by atoms with van der Waals surface area (Å²) in [7, 11) is -3.00. The molecule has 0 aromatic heterocycles. The first kappa shape index (κ1) is 15.0. The molecular formula is C13H27NO2S. The number of nitrogens with two attached hydrogens (primary N) is 1. The van der Waals surface area contributed by atoms with Crippen LogP contribution in [-0.2, 0) is 9.84 Å². The molecule has 0 heterocycles. The number of rotatable bonds is 5. The Kier molecular flexibility index (Phi) is 5.45. The van der Waals surface area contributed by atoms with E-state index in [1.54, 1.807) is 0 Å². The number of hydrogen-bond acceptors (Lipinski definition) is 3. The lowest BCUT2D eigenvalue weighted by Gasteiger charge is -2.37. The number of unbranched alkanes of at least 4 members (excludes halogenated alkanes) is 2. The van der Waals surface area contributed by atoms with Crippen LogP contribution in [0.4, 0.5) is 0 Å². The lowest BCUT2D eigenvalue weighted by Crippen LogP contribution is -2.50. The molecule has 0 saturated heterocycles. The molecule has 0 spiro atoms. The first-order valence-corrected chi connectivity index (χ1v) is 8.57. The normalized spacial score (nSPS) is 34.8. The third-order valence-electron chi connectivity index (χ3n) is 3.88. The van der Waals surface area contributed by atoms with E-state index in [2.05, 4.69) is 13.8 Å². The highest BCUT2D eigenvalue weighted by atomic mass is 32.2. The van der Waals surface area contributed by atoms with Crippen LogP contribution in [0.1, 0.15) is 52.9 Å². The second-order valence-electron chi connectivity index (χ2n) is 5.76. The smallest absolute Gasteiger partial charge is 0.154 e. The fraction of sp³-hybridized carbons (Fsp3) is 1.00. The van der Waals surface area contributed by atoms with Gasteiger partial charge in [0.25, 0.3) is 0 Å². The van der Waals surface area contributed by atoms with E-state index >= 15 is 0 Å². The van der Waals surface area contributed by atoms with Gasteiger partial charge in [0.1, 0.15) is 0 Å². The van der Waals surface area contributed by atoms with Crippen LogP contribution in [0, 0.1) is 11.8 Å². The lowest BCUT2D eigenvalue weighted by atomic mass is 9.80. The van der Waals surface area contributed by atoms with Gasteiger partial charge in [-0.2, -0.15) is 0 Å². The van der Waals surface area contributed by atoms with Gasteiger partial charge in [-0.15, -0.1) is 0 Å². The van der Waals surface area contributed by atoms with E-state index < -0.39 is 9.84 Å². The molecule has 0 aromatic carbocycles. The van der Waals surface area contributed by atoms with E-state index in [0.29, 0.717) is 11.7 Å². The van der Waals surface area contributed by atoms with Crippen molar-refractivity contribution in [2.45, 2.75) is 64.2 Å². The van der Waals surface area contributed by atoms with Crippen molar-refractivity contribution in [1.82, 2.24) is 0 Å². The second kappa shape index (κ2) is 6.19. The molecule has 102 valence electrons. The predicted molar refractivity (Wildman–Crippen MR) is 72.6 cm³/mol. The topological polar surface area (TPSA) is 60.2 Å². The Hall–Kier alpha value is -0.0900. The van der Waals surface area contributed by atoms with Crippen molar-refractivity contribution in [2.24, 2.45) is 17.6 Å². The Labute approximate surface area is 106 Å². The monoisotopic (exact) mass is 261 g/mol. The fourth-order valence-corrected chi connectivity index (χ4v) is 5.54. The van der Waals surface area contributed by atoms with Gasteiger partial charge >= 0.3 is 0 Å². The molecule has 0 amide bonds. The molecule has 4 unspecified atom stereocenters. The van der Waals surface area contributed by atoms with E-state index in [1.165, 1.54) is 0 Å². The van der Waals surface area contributed by atoms with Crippen molar-refractivity contribution in [3.8, 4) is 0 Å². The van der Waals surface area contributed by atoms with Crippen LogP contribution >= 0.6 is 0 Å². The maximum atomic E-state index is 12.3. The molecule has 17 heavy (non-hydrogen) atoms. The van der Waals surface area contributed by atoms with Crippen molar-refractivity contribution < 1.29 is 8.42 Å². The number of hydrogen-bond donors (Lipinski definition) is 1. The molecule has 1 aliphatic rings. The third kappa shape index (κ3) is 3.95. The van der Waals surface area contributed by atoms with Crippen LogP contribution in [-0.4, -0.2) is 25.5 Å². The van der Waals surface area contributed by atoms with Crippen molar-refractivity contribution >= 4 is 9.84 Å². The van der Waals surface area contributed by atoms with Gasteiger partial charge in [0.15, 0.2) is 9.84 Å². The van der Waals surface area contributed by atoms with Gasteiger partial charge in [-0.3, -0.25) is 0 Å².